The second-order valence-corrected chi connectivity index (χ2v) is 7.39. The first-order chi connectivity index (χ1) is 15.5. The van der Waals surface area contributed by atoms with Gasteiger partial charge < -0.3 is 21.1 Å². The lowest BCUT2D eigenvalue weighted by molar-refractivity contribution is 0.0954. The number of aryl methyl sites for hydroxylation is 2. The van der Waals surface area contributed by atoms with Crippen LogP contribution in [-0.4, -0.2) is 46.4 Å². The van der Waals surface area contributed by atoms with Crippen LogP contribution in [0.4, 0.5) is 0 Å². The number of benzene rings is 2. The average Bonchev–Trinajstić information content (AvgIpc) is 3.13. The lowest BCUT2D eigenvalue weighted by atomic mass is 10.2. The maximum atomic E-state index is 12.2. The Morgan fingerprint density at radius 2 is 1.75 bits per heavy atom. The van der Waals surface area contributed by atoms with Gasteiger partial charge in [0.25, 0.3) is 5.91 Å². The summed E-state index contributed by atoms with van der Waals surface area (Å²) in [6.45, 7) is 8.21. The maximum Gasteiger partial charge on any atom is 0.251 e. The van der Waals surface area contributed by atoms with Crippen molar-refractivity contribution in [1.82, 2.24) is 25.7 Å². The molecule has 3 aromatic rings. The molecular weight excluding hydrogens is 404 g/mol. The van der Waals surface area contributed by atoms with Crippen molar-refractivity contribution >= 4 is 11.9 Å². The first kappa shape index (κ1) is 22.9. The van der Waals surface area contributed by atoms with E-state index in [2.05, 4.69) is 33.2 Å². The molecular formula is C24H30N6O2. The molecule has 1 amide bonds. The van der Waals surface area contributed by atoms with Gasteiger partial charge in [0.1, 0.15) is 5.75 Å². The Morgan fingerprint density at radius 3 is 2.44 bits per heavy atom. The largest absolute Gasteiger partial charge is 0.508 e. The molecule has 1 aromatic heterocycles. The summed E-state index contributed by atoms with van der Waals surface area (Å²) in [4.78, 5) is 16.9. The number of rotatable bonds is 8. The Kier molecular flexibility index (Phi) is 7.85. The van der Waals surface area contributed by atoms with Gasteiger partial charge in [0.2, 0.25) is 0 Å². The molecule has 4 N–H and O–H groups in total. The molecule has 0 saturated heterocycles. The zero-order valence-corrected chi connectivity index (χ0v) is 18.7. The molecule has 0 unspecified atom stereocenters. The molecule has 0 aliphatic carbocycles. The molecule has 32 heavy (non-hydrogen) atoms. The second kappa shape index (κ2) is 11.0. The number of nitrogens with zero attached hydrogens (tertiary/aromatic N) is 3. The number of phenols is 1. The van der Waals surface area contributed by atoms with Gasteiger partial charge in [-0.3, -0.25) is 4.79 Å². The lowest BCUT2D eigenvalue weighted by Crippen LogP contribution is -2.41. The topological polar surface area (TPSA) is 104 Å². The number of aromatic nitrogens is 2. The van der Waals surface area contributed by atoms with Crippen molar-refractivity contribution in [3.63, 3.8) is 0 Å². The molecule has 2 aromatic carbocycles. The van der Waals surface area contributed by atoms with Crippen LogP contribution in [0.3, 0.4) is 0 Å². The third-order valence-corrected chi connectivity index (χ3v) is 4.81. The number of hydrogen-bond acceptors (Lipinski definition) is 4. The number of hydrogen-bond donors (Lipinski definition) is 4. The van der Waals surface area contributed by atoms with E-state index in [-0.39, 0.29) is 11.7 Å². The molecule has 0 saturated carbocycles. The Bertz CT molecular complexity index is 1070. The van der Waals surface area contributed by atoms with Gasteiger partial charge in [0.15, 0.2) is 5.96 Å². The van der Waals surface area contributed by atoms with Crippen molar-refractivity contribution in [2.24, 2.45) is 4.99 Å². The second-order valence-electron chi connectivity index (χ2n) is 7.39. The molecule has 0 radical (unpaired) electrons. The van der Waals surface area contributed by atoms with Crippen molar-refractivity contribution in [3.05, 3.63) is 77.1 Å². The van der Waals surface area contributed by atoms with Gasteiger partial charge in [0, 0.05) is 30.9 Å². The van der Waals surface area contributed by atoms with E-state index >= 15 is 0 Å². The van der Waals surface area contributed by atoms with E-state index < -0.39 is 0 Å². The summed E-state index contributed by atoms with van der Waals surface area (Å²) in [5, 5.41) is 23.2. The van der Waals surface area contributed by atoms with Crippen LogP contribution in [0.5, 0.6) is 5.75 Å². The number of amides is 1. The summed E-state index contributed by atoms with van der Waals surface area (Å²) >= 11 is 0. The fraction of sp³-hybridized carbons (Fsp3) is 0.292. The van der Waals surface area contributed by atoms with Gasteiger partial charge in [-0.25, -0.2) is 9.67 Å². The molecule has 0 spiro atoms. The Morgan fingerprint density at radius 1 is 1.03 bits per heavy atom. The molecule has 8 nitrogen and oxygen atoms in total. The van der Waals surface area contributed by atoms with Crippen molar-refractivity contribution in [3.8, 4) is 11.4 Å². The van der Waals surface area contributed by atoms with E-state index in [1.54, 1.807) is 12.1 Å². The van der Waals surface area contributed by atoms with Crippen molar-refractivity contribution in [2.75, 3.05) is 19.6 Å². The smallest absolute Gasteiger partial charge is 0.251 e. The van der Waals surface area contributed by atoms with E-state index in [9.17, 15) is 9.90 Å². The number of aliphatic imine (C=N–C) groups is 1. The minimum absolute atomic E-state index is 0.133. The quantitative estimate of drug-likeness (QED) is 0.248. The first-order valence-corrected chi connectivity index (χ1v) is 10.7. The predicted octanol–water partition coefficient (Wildman–Crippen LogP) is 2.68. The fourth-order valence-corrected chi connectivity index (χ4v) is 3.30. The van der Waals surface area contributed by atoms with E-state index in [1.165, 1.54) is 12.1 Å². The molecule has 168 valence electrons. The number of guanidine groups is 1. The summed E-state index contributed by atoms with van der Waals surface area (Å²) in [6, 6.07) is 16.3. The van der Waals surface area contributed by atoms with Crippen molar-refractivity contribution < 1.29 is 9.90 Å². The first-order valence-electron chi connectivity index (χ1n) is 10.7. The van der Waals surface area contributed by atoms with Gasteiger partial charge >= 0.3 is 0 Å². The molecule has 0 fully saturated rings. The summed E-state index contributed by atoms with van der Waals surface area (Å²) < 4.78 is 1.94. The van der Waals surface area contributed by atoms with E-state index in [0.717, 1.165) is 29.2 Å². The summed E-state index contributed by atoms with van der Waals surface area (Å²) in [7, 11) is 0. The van der Waals surface area contributed by atoms with Crippen LogP contribution in [0.25, 0.3) is 5.69 Å². The average molecular weight is 435 g/mol. The molecule has 0 atom stereocenters. The number of carbonyl (C=O) groups excluding carboxylic acids is 1. The Labute approximate surface area is 188 Å². The highest BCUT2D eigenvalue weighted by molar-refractivity contribution is 5.94. The van der Waals surface area contributed by atoms with E-state index in [4.69, 9.17) is 4.99 Å². The van der Waals surface area contributed by atoms with E-state index in [1.807, 2.05) is 43.7 Å². The monoisotopic (exact) mass is 434 g/mol. The summed E-state index contributed by atoms with van der Waals surface area (Å²) in [6.07, 6.45) is 0. The van der Waals surface area contributed by atoms with Crippen molar-refractivity contribution in [1.29, 1.82) is 0 Å². The highest BCUT2D eigenvalue weighted by Gasteiger charge is 2.09. The summed E-state index contributed by atoms with van der Waals surface area (Å²) in [5.41, 5.74) is 4.64. The van der Waals surface area contributed by atoms with Crippen LogP contribution < -0.4 is 16.0 Å². The summed E-state index contributed by atoms with van der Waals surface area (Å²) in [5.74, 6) is 0.622. The number of carbonyl (C=O) groups is 1. The normalized spacial score (nSPS) is 11.3. The van der Waals surface area contributed by atoms with Crippen LogP contribution in [0.15, 0.2) is 59.6 Å². The fourth-order valence-electron chi connectivity index (χ4n) is 3.30. The van der Waals surface area contributed by atoms with E-state index in [0.29, 0.717) is 31.2 Å². The lowest BCUT2D eigenvalue weighted by Gasteiger charge is -2.13. The molecule has 0 aliphatic rings. The zero-order chi connectivity index (χ0) is 22.9. The molecule has 1 heterocycles. The molecule has 3 rings (SSSR count). The number of phenolic OH excluding ortho intramolecular Hbond substituents is 1. The minimum Gasteiger partial charge on any atom is -0.508 e. The van der Waals surface area contributed by atoms with Gasteiger partial charge in [-0.2, -0.15) is 5.10 Å². The molecule has 8 heteroatoms. The maximum absolute atomic E-state index is 12.2. The van der Waals surface area contributed by atoms with Crippen LogP contribution >= 0.6 is 0 Å². The van der Waals surface area contributed by atoms with Gasteiger partial charge in [-0.15, -0.1) is 0 Å². The van der Waals surface area contributed by atoms with Gasteiger partial charge in [-0.05, 0) is 62.7 Å². The number of nitrogens with one attached hydrogen (secondary N) is 3. The Balaban J connectivity index is 1.59. The van der Waals surface area contributed by atoms with Crippen LogP contribution in [0, 0.1) is 13.8 Å². The van der Waals surface area contributed by atoms with Crippen molar-refractivity contribution in [2.45, 2.75) is 27.3 Å². The third-order valence-electron chi connectivity index (χ3n) is 4.81. The molecule has 0 bridgehead atoms. The number of para-hydroxylation sites is 1. The zero-order valence-electron chi connectivity index (χ0n) is 18.7. The highest BCUT2D eigenvalue weighted by Crippen LogP contribution is 2.17. The van der Waals surface area contributed by atoms with Crippen LogP contribution in [0.2, 0.25) is 0 Å². The standard InChI is InChI=1S/C24H30N6O2/c1-4-25-24(27-14-13-26-23(32)19-9-11-21(31)12-10-19)28-16-20-7-5-6-8-22(20)30-18(3)15-17(2)29-30/h5-12,15,31H,4,13-14,16H2,1-3H3,(H,26,32)(H2,25,27,28). The third kappa shape index (κ3) is 6.10. The highest BCUT2D eigenvalue weighted by atomic mass is 16.3. The van der Waals surface area contributed by atoms with Crippen LogP contribution in [0.1, 0.15) is 34.2 Å². The molecule has 0 aliphatic heterocycles. The SMILES string of the molecule is CCNC(=NCc1ccccc1-n1nc(C)cc1C)NCCNC(=O)c1ccc(O)cc1. The predicted molar refractivity (Wildman–Crippen MR) is 126 cm³/mol. The van der Waals surface area contributed by atoms with Crippen LogP contribution in [-0.2, 0) is 6.54 Å². The Hall–Kier alpha value is -3.81. The number of aromatic hydroxyl groups is 1. The minimum atomic E-state index is -0.187. The van der Waals surface area contributed by atoms with Gasteiger partial charge in [-0.1, -0.05) is 18.2 Å². The van der Waals surface area contributed by atoms with Gasteiger partial charge in [0.05, 0.1) is 17.9 Å².